The van der Waals surface area contributed by atoms with Crippen molar-refractivity contribution in [3.63, 3.8) is 0 Å². The van der Waals surface area contributed by atoms with Gasteiger partial charge in [-0.2, -0.15) is 0 Å². The third-order valence-electron chi connectivity index (χ3n) is 3.79. The number of aliphatic hydroxyl groups is 1. The largest absolute Gasteiger partial charge is 0.391 e. The van der Waals surface area contributed by atoms with E-state index in [1.165, 1.54) is 25.7 Å². The first-order chi connectivity index (χ1) is 7.45. The fourth-order valence-electron chi connectivity index (χ4n) is 2.64. The fourth-order valence-corrected chi connectivity index (χ4v) is 2.64. The monoisotopic (exact) mass is 228 g/mol. The summed E-state index contributed by atoms with van der Waals surface area (Å²) in [4.78, 5) is 0. The Kier molecular flexibility index (Phi) is 5.26. The molecule has 16 heavy (non-hydrogen) atoms. The van der Waals surface area contributed by atoms with Crippen LogP contribution in [0.1, 0.15) is 59.8 Å². The van der Waals surface area contributed by atoms with Crippen LogP contribution in [0, 0.1) is 11.3 Å². The van der Waals surface area contributed by atoms with Crippen LogP contribution < -0.4 is 0 Å². The lowest BCUT2D eigenvalue weighted by Crippen LogP contribution is -2.38. The van der Waals surface area contributed by atoms with Gasteiger partial charge in [0.05, 0.1) is 18.8 Å². The van der Waals surface area contributed by atoms with E-state index in [9.17, 15) is 5.11 Å². The molecule has 1 aliphatic rings. The van der Waals surface area contributed by atoms with Crippen molar-refractivity contribution in [3.8, 4) is 0 Å². The van der Waals surface area contributed by atoms with E-state index in [0.29, 0.717) is 24.0 Å². The van der Waals surface area contributed by atoms with Crippen LogP contribution in [0.4, 0.5) is 0 Å². The highest BCUT2D eigenvalue weighted by molar-refractivity contribution is 4.84. The third-order valence-corrected chi connectivity index (χ3v) is 3.79. The zero-order chi connectivity index (χ0) is 12.2. The van der Waals surface area contributed by atoms with Gasteiger partial charge >= 0.3 is 0 Å². The molecule has 2 heteroatoms. The van der Waals surface area contributed by atoms with Crippen molar-refractivity contribution >= 4 is 0 Å². The molecular weight excluding hydrogens is 200 g/mol. The summed E-state index contributed by atoms with van der Waals surface area (Å²) < 4.78 is 5.92. The SMILES string of the molecule is CC[C@H](O)COC1CCCC[C@H]1C(C)(C)C. The number of hydrogen-bond acceptors (Lipinski definition) is 2. The molecule has 1 N–H and O–H groups in total. The molecule has 1 unspecified atom stereocenters. The normalized spacial score (nSPS) is 29.1. The van der Waals surface area contributed by atoms with E-state index < -0.39 is 0 Å². The Labute approximate surface area is 100 Å². The average molecular weight is 228 g/mol. The number of hydrogen-bond donors (Lipinski definition) is 1. The van der Waals surface area contributed by atoms with Gasteiger partial charge in [0.2, 0.25) is 0 Å². The summed E-state index contributed by atoms with van der Waals surface area (Å²) in [5.74, 6) is 0.644. The Morgan fingerprint density at radius 3 is 2.44 bits per heavy atom. The van der Waals surface area contributed by atoms with E-state index in [1.807, 2.05) is 6.92 Å². The topological polar surface area (TPSA) is 29.5 Å². The summed E-state index contributed by atoms with van der Waals surface area (Å²) >= 11 is 0. The van der Waals surface area contributed by atoms with Crippen molar-refractivity contribution in [2.45, 2.75) is 72.0 Å². The minimum Gasteiger partial charge on any atom is -0.391 e. The molecule has 2 nitrogen and oxygen atoms in total. The molecule has 0 amide bonds. The van der Waals surface area contributed by atoms with E-state index in [2.05, 4.69) is 20.8 Å². The van der Waals surface area contributed by atoms with E-state index in [0.717, 1.165) is 6.42 Å². The lowest BCUT2D eigenvalue weighted by molar-refractivity contribution is -0.0756. The molecule has 0 aromatic carbocycles. The molecule has 0 aromatic rings. The van der Waals surface area contributed by atoms with Gasteiger partial charge < -0.3 is 9.84 Å². The number of aliphatic hydroxyl groups excluding tert-OH is 1. The van der Waals surface area contributed by atoms with Crippen LogP contribution in [0.15, 0.2) is 0 Å². The van der Waals surface area contributed by atoms with Gasteiger partial charge in [-0.3, -0.25) is 0 Å². The molecular formula is C14H28O2. The Bertz CT molecular complexity index is 195. The second kappa shape index (κ2) is 6.02. The predicted octanol–water partition coefficient (Wildman–Crippen LogP) is 3.38. The highest BCUT2D eigenvalue weighted by atomic mass is 16.5. The fraction of sp³-hybridized carbons (Fsp3) is 1.00. The van der Waals surface area contributed by atoms with Crippen LogP contribution in [0.25, 0.3) is 0 Å². The van der Waals surface area contributed by atoms with Crippen molar-refractivity contribution in [3.05, 3.63) is 0 Å². The van der Waals surface area contributed by atoms with Crippen molar-refractivity contribution in [1.82, 2.24) is 0 Å². The third kappa shape index (κ3) is 4.06. The maximum absolute atomic E-state index is 9.55. The van der Waals surface area contributed by atoms with Gasteiger partial charge in [-0.15, -0.1) is 0 Å². The maximum Gasteiger partial charge on any atom is 0.0771 e. The van der Waals surface area contributed by atoms with Gasteiger partial charge in [0.15, 0.2) is 0 Å². The van der Waals surface area contributed by atoms with Crippen molar-refractivity contribution in [2.24, 2.45) is 11.3 Å². The van der Waals surface area contributed by atoms with Crippen LogP contribution >= 0.6 is 0 Å². The molecule has 0 aliphatic heterocycles. The van der Waals surface area contributed by atoms with Crippen LogP contribution in [-0.2, 0) is 4.74 Å². The van der Waals surface area contributed by atoms with E-state index in [4.69, 9.17) is 4.74 Å². The lowest BCUT2D eigenvalue weighted by Gasteiger charge is -2.40. The van der Waals surface area contributed by atoms with Gasteiger partial charge in [-0.05, 0) is 30.6 Å². The Balaban J connectivity index is 2.47. The molecule has 1 aliphatic carbocycles. The molecule has 1 saturated carbocycles. The first-order valence-electron chi connectivity index (χ1n) is 6.74. The molecule has 3 atom stereocenters. The minimum atomic E-state index is -0.289. The number of rotatable bonds is 4. The second-order valence-electron chi connectivity index (χ2n) is 6.19. The van der Waals surface area contributed by atoms with Crippen molar-refractivity contribution < 1.29 is 9.84 Å². The average Bonchev–Trinajstić information content (AvgIpc) is 2.25. The van der Waals surface area contributed by atoms with Gasteiger partial charge in [-0.25, -0.2) is 0 Å². The van der Waals surface area contributed by atoms with Gasteiger partial charge in [-0.1, -0.05) is 40.5 Å². The summed E-state index contributed by atoms with van der Waals surface area (Å²) in [6.45, 7) is 9.41. The highest BCUT2D eigenvalue weighted by Crippen LogP contribution is 2.39. The van der Waals surface area contributed by atoms with Crippen LogP contribution in [0.5, 0.6) is 0 Å². The Hall–Kier alpha value is -0.0800. The lowest BCUT2D eigenvalue weighted by atomic mass is 9.70. The molecule has 0 radical (unpaired) electrons. The zero-order valence-corrected chi connectivity index (χ0v) is 11.3. The van der Waals surface area contributed by atoms with E-state index >= 15 is 0 Å². The quantitative estimate of drug-likeness (QED) is 0.799. The molecule has 96 valence electrons. The first kappa shape index (κ1) is 14.0. The van der Waals surface area contributed by atoms with E-state index in [-0.39, 0.29) is 6.10 Å². The molecule has 0 bridgehead atoms. The Morgan fingerprint density at radius 1 is 1.25 bits per heavy atom. The smallest absolute Gasteiger partial charge is 0.0771 e. The molecule has 0 spiro atoms. The Morgan fingerprint density at radius 2 is 1.88 bits per heavy atom. The molecule has 1 rings (SSSR count). The summed E-state index contributed by atoms with van der Waals surface area (Å²) in [5, 5.41) is 9.55. The first-order valence-corrected chi connectivity index (χ1v) is 6.74. The van der Waals surface area contributed by atoms with Crippen molar-refractivity contribution in [2.75, 3.05) is 6.61 Å². The molecule has 0 aromatic heterocycles. The zero-order valence-electron chi connectivity index (χ0n) is 11.3. The van der Waals surface area contributed by atoms with Crippen molar-refractivity contribution in [1.29, 1.82) is 0 Å². The van der Waals surface area contributed by atoms with Crippen LogP contribution in [0.3, 0.4) is 0 Å². The second-order valence-corrected chi connectivity index (χ2v) is 6.19. The highest BCUT2D eigenvalue weighted by Gasteiger charge is 2.34. The van der Waals surface area contributed by atoms with E-state index in [1.54, 1.807) is 0 Å². The molecule has 0 heterocycles. The maximum atomic E-state index is 9.55. The molecule has 1 fully saturated rings. The van der Waals surface area contributed by atoms with Gasteiger partial charge in [0.1, 0.15) is 0 Å². The predicted molar refractivity (Wildman–Crippen MR) is 67.5 cm³/mol. The standard InChI is InChI=1S/C14H28O2/c1-5-11(15)10-16-13-9-7-6-8-12(13)14(2,3)4/h11-13,15H,5-10H2,1-4H3/t11-,12+,13?/m0/s1. The molecule has 0 saturated heterocycles. The summed E-state index contributed by atoms with van der Waals surface area (Å²) in [6.07, 6.45) is 5.90. The summed E-state index contributed by atoms with van der Waals surface area (Å²) in [7, 11) is 0. The van der Waals surface area contributed by atoms with Crippen LogP contribution in [-0.4, -0.2) is 23.9 Å². The summed E-state index contributed by atoms with van der Waals surface area (Å²) in [5.41, 5.74) is 0.322. The van der Waals surface area contributed by atoms with Crippen LogP contribution in [0.2, 0.25) is 0 Å². The van der Waals surface area contributed by atoms with Gasteiger partial charge in [0.25, 0.3) is 0 Å². The minimum absolute atomic E-state index is 0.289. The number of ether oxygens (including phenoxy) is 1. The van der Waals surface area contributed by atoms with Gasteiger partial charge in [0, 0.05) is 0 Å². The summed E-state index contributed by atoms with van der Waals surface area (Å²) in [6, 6.07) is 0.